The average Bonchev–Trinajstić information content (AvgIpc) is 1.87. The lowest BCUT2D eigenvalue weighted by molar-refractivity contribution is 0.195. The zero-order valence-electron chi connectivity index (χ0n) is 7.05. The summed E-state index contributed by atoms with van der Waals surface area (Å²) in [6, 6.07) is 0.338. The van der Waals surface area contributed by atoms with Crippen LogP contribution >= 0.6 is 12.4 Å². The standard InChI is InChI=1S/C8H17NO.ClH/c1-9-8(6-10)5-7-3-2-4-7;/h7-10H,2-6H2,1H3;1H. The third-order valence-corrected chi connectivity index (χ3v) is 2.47. The van der Waals surface area contributed by atoms with Gasteiger partial charge in [0.25, 0.3) is 0 Å². The van der Waals surface area contributed by atoms with Crippen molar-refractivity contribution in [2.24, 2.45) is 5.92 Å². The van der Waals surface area contributed by atoms with Crippen LogP contribution in [0.1, 0.15) is 25.7 Å². The van der Waals surface area contributed by atoms with E-state index in [-0.39, 0.29) is 19.0 Å². The van der Waals surface area contributed by atoms with Crippen molar-refractivity contribution in [3.63, 3.8) is 0 Å². The molecule has 1 rings (SSSR count). The largest absolute Gasteiger partial charge is 0.395 e. The number of nitrogens with one attached hydrogen (secondary N) is 1. The van der Waals surface area contributed by atoms with Crippen LogP contribution in [0.3, 0.4) is 0 Å². The smallest absolute Gasteiger partial charge is 0.0584 e. The van der Waals surface area contributed by atoms with Crippen molar-refractivity contribution in [3.8, 4) is 0 Å². The van der Waals surface area contributed by atoms with E-state index in [4.69, 9.17) is 5.11 Å². The van der Waals surface area contributed by atoms with Gasteiger partial charge in [-0.25, -0.2) is 0 Å². The fraction of sp³-hybridized carbons (Fsp3) is 1.00. The van der Waals surface area contributed by atoms with Crippen molar-refractivity contribution in [3.05, 3.63) is 0 Å². The molecule has 0 heterocycles. The zero-order chi connectivity index (χ0) is 7.40. The molecule has 11 heavy (non-hydrogen) atoms. The molecule has 1 saturated carbocycles. The predicted molar refractivity (Wildman–Crippen MR) is 49.1 cm³/mol. The van der Waals surface area contributed by atoms with Crippen molar-refractivity contribution < 1.29 is 5.11 Å². The highest BCUT2D eigenvalue weighted by molar-refractivity contribution is 5.85. The molecule has 0 aromatic rings. The van der Waals surface area contributed by atoms with Crippen LogP contribution in [0.4, 0.5) is 0 Å². The van der Waals surface area contributed by atoms with Crippen molar-refractivity contribution in [1.29, 1.82) is 0 Å². The highest BCUT2D eigenvalue weighted by atomic mass is 35.5. The highest BCUT2D eigenvalue weighted by Gasteiger charge is 2.20. The second-order valence-electron chi connectivity index (χ2n) is 3.20. The van der Waals surface area contributed by atoms with Gasteiger partial charge in [-0.3, -0.25) is 0 Å². The van der Waals surface area contributed by atoms with Gasteiger partial charge in [-0.05, 0) is 19.4 Å². The van der Waals surface area contributed by atoms with Gasteiger partial charge in [0, 0.05) is 6.04 Å². The van der Waals surface area contributed by atoms with Crippen LogP contribution in [0.5, 0.6) is 0 Å². The molecule has 0 aromatic carbocycles. The lowest BCUT2D eigenvalue weighted by Gasteiger charge is -2.28. The Morgan fingerprint density at radius 3 is 2.45 bits per heavy atom. The molecule has 68 valence electrons. The topological polar surface area (TPSA) is 32.3 Å². The van der Waals surface area contributed by atoms with Crippen LogP contribution in [-0.2, 0) is 0 Å². The minimum Gasteiger partial charge on any atom is -0.395 e. The molecule has 0 spiro atoms. The average molecular weight is 180 g/mol. The Bertz CT molecular complexity index is 92.1. The fourth-order valence-corrected chi connectivity index (χ4v) is 1.41. The lowest BCUT2D eigenvalue weighted by atomic mass is 9.81. The number of hydrogen-bond donors (Lipinski definition) is 2. The zero-order valence-corrected chi connectivity index (χ0v) is 7.86. The van der Waals surface area contributed by atoms with E-state index >= 15 is 0 Å². The summed E-state index contributed by atoms with van der Waals surface area (Å²) in [6.07, 6.45) is 5.30. The minimum absolute atomic E-state index is 0. The Morgan fingerprint density at radius 1 is 1.55 bits per heavy atom. The van der Waals surface area contributed by atoms with E-state index in [1.165, 1.54) is 19.3 Å². The van der Waals surface area contributed by atoms with Gasteiger partial charge < -0.3 is 10.4 Å². The van der Waals surface area contributed by atoms with Crippen molar-refractivity contribution in [2.75, 3.05) is 13.7 Å². The monoisotopic (exact) mass is 179 g/mol. The number of aliphatic hydroxyl groups is 1. The van der Waals surface area contributed by atoms with E-state index in [1.807, 2.05) is 7.05 Å². The summed E-state index contributed by atoms with van der Waals surface area (Å²) < 4.78 is 0. The second kappa shape index (κ2) is 5.81. The van der Waals surface area contributed by atoms with E-state index < -0.39 is 0 Å². The first kappa shape index (κ1) is 11.2. The van der Waals surface area contributed by atoms with E-state index in [9.17, 15) is 0 Å². The van der Waals surface area contributed by atoms with Crippen molar-refractivity contribution in [1.82, 2.24) is 5.32 Å². The number of halogens is 1. The van der Waals surface area contributed by atoms with Crippen LogP contribution < -0.4 is 5.32 Å². The first-order valence-corrected chi connectivity index (χ1v) is 4.15. The van der Waals surface area contributed by atoms with Crippen molar-refractivity contribution in [2.45, 2.75) is 31.7 Å². The maximum atomic E-state index is 8.83. The Kier molecular flexibility index (Phi) is 5.92. The summed E-state index contributed by atoms with van der Waals surface area (Å²) in [7, 11) is 1.92. The normalized spacial score (nSPS) is 20.2. The molecule has 0 bridgehead atoms. The summed E-state index contributed by atoms with van der Waals surface area (Å²) >= 11 is 0. The molecule has 1 fully saturated rings. The molecular weight excluding hydrogens is 162 g/mol. The number of rotatable bonds is 4. The minimum atomic E-state index is 0. The quantitative estimate of drug-likeness (QED) is 0.680. The molecule has 1 unspecified atom stereocenters. The summed E-state index contributed by atoms with van der Waals surface area (Å²) in [5, 5.41) is 11.9. The number of likely N-dealkylation sites (N-methyl/N-ethyl adjacent to an activating group) is 1. The van der Waals surface area contributed by atoms with Gasteiger partial charge in [0.05, 0.1) is 6.61 Å². The number of hydrogen-bond acceptors (Lipinski definition) is 2. The Balaban J connectivity index is 0.000001000. The van der Waals surface area contributed by atoms with E-state index in [0.717, 1.165) is 12.3 Å². The maximum absolute atomic E-state index is 8.83. The van der Waals surface area contributed by atoms with Gasteiger partial charge in [-0.15, -0.1) is 12.4 Å². The van der Waals surface area contributed by atoms with Crippen LogP contribution in [0.2, 0.25) is 0 Å². The lowest BCUT2D eigenvalue weighted by Crippen LogP contribution is -2.32. The molecule has 0 radical (unpaired) electrons. The molecule has 2 nitrogen and oxygen atoms in total. The second-order valence-corrected chi connectivity index (χ2v) is 3.20. The van der Waals surface area contributed by atoms with Crippen LogP contribution in [0.15, 0.2) is 0 Å². The number of aliphatic hydroxyl groups excluding tert-OH is 1. The third kappa shape index (κ3) is 3.41. The van der Waals surface area contributed by atoms with Crippen LogP contribution in [0.25, 0.3) is 0 Å². The van der Waals surface area contributed by atoms with E-state index in [0.29, 0.717) is 6.04 Å². The van der Waals surface area contributed by atoms with E-state index in [1.54, 1.807) is 0 Å². The van der Waals surface area contributed by atoms with Gasteiger partial charge in [0.2, 0.25) is 0 Å². The predicted octanol–water partition coefficient (Wildman–Crippen LogP) is 1.18. The molecule has 1 aliphatic rings. The molecule has 3 heteroatoms. The first-order chi connectivity index (χ1) is 4.86. The molecule has 0 saturated heterocycles. The molecule has 1 atom stereocenters. The SMILES string of the molecule is CNC(CO)CC1CCC1.Cl. The van der Waals surface area contributed by atoms with Gasteiger partial charge in [-0.2, -0.15) is 0 Å². The van der Waals surface area contributed by atoms with Crippen LogP contribution in [-0.4, -0.2) is 24.8 Å². The molecule has 0 aromatic heterocycles. The maximum Gasteiger partial charge on any atom is 0.0584 e. The van der Waals surface area contributed by atoms with Gasteiger partial charge in [0.15, 0.2) is 0 Å². The molecule has 0 amide bonds. The summed E-state index contributed by atoms with van der Waals surface area (Å²) in [5.74, 6) is 0.893. The first-order valence-electron chi connectivity index (χ1n) is 4.15. The summed E-state index contributed by atoms with van der Waals surface area (Å²) in [6.45, 7) is 0.285. The highest BCUT2D eigenvalue weighted by Crippen LogP contribution is 2.30. The van der Waals surface area contributed by atoms with E-state index in [2.05, 4.69) is 5.32 Å². The molecule has 2 N–H and O–H groups in total. The molecule has 0 aliphatic heterocycles. The van der Waals surface area contributed by atoms with Gasteiger partial charge in [-0.1, -0.05) is 19.3 Å². The third-order valence-electron chi connectivity index (χ3n) is 2.47. The fourth-order valence-electron chi connectivity index (χ4n) is 1.41. The molecular formula is C8H18ClNO. The van der Waals surface area contributed by atoms with Gasteiger partial charge >= 0.3 is 0 Å². The Labute approximate surface area is 74.8 Å². The summed E-state index contributed by atoms with van der Waals surface area (Å²) in [5.41, 5.74) is 0. The van der Waals surface area contributed by atoms with Crippen LogP contribution in [0, 0.1) is 5.92 Å². The molecule has 1 aliphatic carbocycles. The Morgan fingerprint density at radius 2 is 2.18 bits per heavy atom. The summed E-state index contributed by atoms with van der Waals surface area (Å²) in [4.78, 5) is 0. The van der Waals surface area contributed by atoms with Gasteiger partial charge in [0.1, 0.15) is 0 Å². The van der Waals surface area contributed by atoms with Crippen molar-refractivity contribution >= 4 is 12.4 Å². The Hall–Kier alpha value is 0.210.